The van der Waals surface area contributed by atoms with Crippen LogP contribution < -0.4 is 0 Å². The van der Waals surface area contributed by atoms with Crippen LogP contribution in [-0.2, 0) is 0 Å². The molecule has 0 spiro atoms. The summed E-state index contributed by atoms with van der Waals surface area (Å²) in [7, 11) is 0. The first-order chi connectivity index (χ1) is 9.90. The molecule has 3 heterocycles. The zero-order chi connectivity index (χ0) is 13.6. The van der Waals surface area contributed by atoms with Crippen LogP contribution in [0.3, 0.4) is 0 Å². The third-order valence-electron chi connectivity index (χ3n) is 2.69. The fourth-order valence-corrected chi connectivity index (χ4v) is 2.93. The molecule has 0 aliphatic heterocycles. The van der Waals surface area contributed by atoms with Crippen molar-refractivity contribution in [3.8, 4) is 0 Å². The maximum atomic E-state index is 4.26. The van der Waals surface area contributed by atoms with E-state index in [0.717, 1.165) is 11.4 Å². The van der Waals surface area contributed by atoms with Crippen LogP contribution >= 0.6 is 22.7 Å². The lowest BCUT2D eigenvalue weighted by molar-refractivity contribution is 1.14. The fourth-order valence-electron chi connectivity index (χ4n) is 1.67. The van der Waals surface area contributed by atoms with E-state index < -0.39 is 0 Å². The van der Waals surface area contributed by atoms with Crippen LogP contribution in [0.25, 0.3) is 24.3 Å². The van der Waals surface area contributed by atoms with Crippen LogP contribution in [0.5, 0.6) is 0 Å². The van der Waals surface area contributed by atoms with E-state index in [2.05, 4.69) is 55.8 Å². The summed E-state index contributed by atoms with van der Waals surface area (Å²) in [6, 6.07) is 6.14. The molecule has 0 bridgehead atoms. The largest absolute Gasteiger partial charge is 0.237 e. The average Bonchev–Trinajstić information content (AvgIpc) is 3.17. The van der Waals surface area contributed by atoms with Gasteiger partial charge in [0.2, 0.25) is 0 Å². The van der Waals surface area contributed by atoms with Gasteiger partial charge in [-0.05, 0) is 63.0 Å². The zero-order valence-electron chi connectivity index (χ0n) is 10.6. The highest BCUT2D eigenvalue weighted by atomic mass is 32.1. The molecular formula is C16H12N2S2. The molecule has 0 unspecified atom stereocenters. The van der Waals surface area contributed by atoms with E-state index in [4.69, 9.17) is 0 Å². The summed E-state index contributed by atoms with van der Waals surface area (Å²) in [5, 5.41) is 8.34. The van der Waals surface area contributed by atoms with Crippen molar-refractivity contribution in [1.82, 2.24) is 9.97 Å². The van der Waals surface area contributed by atoms with E-state index in [1.165, 1.54) is 11.1 Å². The van der Waals surface area contributed by atoms with Gasteiger partial charge >= 0.3 is 0 Å². The van der Waals surface area contributed by atoms with Crippen LogP contribution in [0, 0.1) is 0 Å². The number of aromatic nitrogens is 2. The molecule has 3 aromatic rings. The van der Waals surface area contributed by atoms with Crippen molar-refractivity contribution in [2.45, 2.75) is 0 Å². The topological polar surface area (TPSA) is 25.8 Å². The lowest BCUT2D eigenvalue weighted by Gasteiger charge is -1.95. The lowest BCUT2D eigenvalue weighted by Crippen LogP contribution is -1.86. The second-order valence-electron chi connectivity index (χ2n) is 4.15. The minimum atomic E-state index is 0.913. The Kier molecular flexibility index (Phi) is 4.16. The third-order valence-corrected chi connectivity index (χ3v) is 4.09. The van der Waals surface area contributed by atoms with E-state index in [1.807, 2.05) is 18.2 Å². The van der Waals surface area contributed by atoms with E-state index in [0.29, 0.717) is 0 Å². The first-order valence-electron chi connectivity index (χ1n) is 6.13. The van der Waals surface area contributed by atoms with Crippen LogP contribution in [0.15, 0.2) is 46.0 Å². The summed E-state index contributed by atoms with van der Waals surface area (Å²) in [4.78, 5) is 8.51. The molecule has 0 amide bonds. The monoisotopic (exact) mass is 296 g/mol. The zero-order valence-corrected chi connectivity index (χ0v) is 12.3. The number of thiophene rings is 2. The quantitative estimate of drug-likeness (QED) is 0.681. The van der Waals surface area contributed by atoms with Crippen molar-refractivity contribution < 1.29 is 0 Å². The van der Waals surface area contributed by atoms with Crippen LogP contribution in [0.4, 0.5) is 0 Å². The number of nitrogens with zero attached hydrogens (tertiary/aromatic N) is 2. The Morgan fingerprint density at radius 1 is 0.750 bits per heavy atom. The van der Waals surface area contributed by atoms with Gasteiger partial charge in [0.15, 0.2) is 0 Å². The van der Waals surface area contributed by atoms with Crippen molar-refractivity contribution in [2.75, 3.05) is 0 Å². The molecule has 0 saturated carbocycles. The van der Waals surface area contributed by atoms with Gasteiger partial charge in [-0.3, -0.25) is 0 Å². The smallest absolute Gasteiger partial charge is 0.116 e. The molecule has 4 heteroatoms. The van der Waals surface area contributed by atoms with Crippen molar-refractivity contribution in [3.05, 3.63) is 68.6 Å². The molecule has 2 nitrogen and oxygen atoms in total. The molecule has 20 heavy (non-hydrogen) atoms. The summed E-state index contributed by atoms with van der Waals surface area (Å²) in [6.45, 7) is 0. The van der Waals surface area contributed by atoms with E-state index in [1.54, 1.807) is 29.0 Å². The summed E-state index contributed by atoms with van der Waals surface area (Å²) in [5.41, 5.74) is 4.22. The molecule has 0 fully saturated rings. The molecular weight excluding hydrogens is 284 g/mol. The van der Waals surface area contributed by atoms with Gasteiger partial charge in [-0.1, -0.05) is 12.2 Å². The van der Waals surface area contributed by atoms with E-state index in [-0.39, 0.29) is 0 Å². The summed E-state index contributed by atoms with van der Waals surface area (Å²) < 4.78 is 0. The van der Waals surface area contributed by atoms with Crippen molar-refractivity contribution in [1.29, 1.82) is 0 Å². The average molecular weight is 296 g/mol. The highest BCUT2D eigenvalue weighted by molar-refractivity contribution is 7.08. The van der Waals surface area contributed by atoms with Gasteiger partial charge in [0.1, 0.15) is 6.33 Å². The molecule has 0 aliphatic rings. The molecule has 3 aromatic heterocycles. The second-order valence-corrected chi connectivity index (χ2v) is 5.71. The number of hydrogen-bond acceptors (Lipinski definition) is 4. The van der Waals surface area contributed by atoms with E-state index in [9.17, 15) is 0 Å². The molecule has 0 saturated heterocycles. The Balaban J connectivity index is 1.76. The summed E-state index contributed by atoms with van der Waals surface area (Å²) in [6.07, 6.45) is 9.73. The first-order valence-corrected chi connectivity index (χ1v) is 8.01. The number of rotatable bonds is 4. The predicted octanol–water partition coefficient (Wildman–Crippen LogP) is 4.94. The van der Waals surface area contributed by atoms with Gasteiger partial charge in [-0.25, -0.2) is 9.97 Å². The van der Waals surface area contributed by atoms with Gasteiger partial charge in [0.25, 0.3) is 0 Å². The van der Waals surface area contributed by atoms with Gasteiger partial charge in [0, 0.05) is 0 Å². The summed E-state index contributed by atoms with van der Waals surface area (Å²) in [5.74, 6) is 0. The molecule has 3 rings (SSSR count). The molecule has 98 valence electrons. The molecule has 0 radical (unpaired) electrons. The van der Waals surface area contributed by atoms with Crippen molar-refractivity contribution in [3.63, 3.8) is 0 Å². The Labute approximate surface area is 125 Å². The minimum absolute atomic E-state index is 0.913. The molecule has 0 aliphatic carbocycles. The fraction of sp³-hybridized carbons (Fsp3) is 0. The maximum Gasteiger partial charge on any atom is 0.116 e. The second kappa shape index (κ2) is 6.41. The van der Waals surface area contributed by atoms with Gasteiger partial charge in [-0.15, -0.1) is 0 Å². The molecule has 0 atom stereocenters. The maximum absolute atomic E-state index is 4.26. The Morgan fingerprint density at radius 2 is 1.30 bits per heavy atom. The first kappa shape index (κ1) is 13.0. The number of hydrogen-bond donors (Lipinski definition) is 0. The van der Waals surface area contributed by atoms with Gasteiger partial charge in [0.05, 0.1) is 11.4 Å². The predicted molar refractivity (Wildman–Crippen MR) is 88.5 cm³/mol. The molecule has 0 aromatic carbocycles. The highest BCUT2D eigenvalue weighted by Crippen LogP contribution is 2.12. The normalized spacial score (nSPS) is 11.6. The Morgan fingerprint density at radius 3 is 1.75 bits per heavy atom. The standard InChI is InChI=1S/C16H12N2S2/c1(13-5-7-19-10-13)3-15-9-16(18-12-17-15)4-2-14-6-8-20-11-14/h1-12H/b3-1+,4-2+. The van der Waals surface area contributed by atoms with Crippen LogP contribution in [-0.4, -0.2) is 9.97 Å². The Hall–Kier alpha value is -2.04. The van der Waals surface area contributed by atoms with Crippen LogP contribution in [0.1, 0.15) is 22.5 Å². The lowest BCUT2D eigenvalue weighted by atomic mass is 10.2. The minimum Gasteiger partial charge on any atom is -0.237 e. The van der Waals surface area contributed by atoms with E-state index >= 15 is 0 Å². The SMILES string of the molecule is C(=C\c1cc(/C=C/c2ccsc2)ncn1)/c1ccsc1. The van der Waals surface area contributed by atoms with Crippen molar-refractivity contribution >= 4 is 47.0 Å². The van der Waals surface area contributed by atoms with Gasteiger partial charge in [-0.2, -0.15) is 22.7 Å². The highest BCUT2D eigenvalue weighted by Gasteiger charge is 1.94. The van der Waals surface area contributed by atoms with Gasteiger partial charge < -0.3 is 0 Å². The Bertz CT molecular complexity index is 651. The van der Waals surface area contributed by atoms with Crippen molar-refractivity contribution in [2.24, 2.45) is 0 Å². The summed E-state index contributed by atoms with van der Waals surface area (Å²) >= 11 is 3.38. The third kappa shape index (κ3) is 3.50. The molecule has 0 N–H and O–H groups in total. The van der Waals surface area contributed by atoms with Crippen LogP contribution in [0.2, 0.25) is 0 Å².